The van der Waals surface area contributed by atoms with Gasteiger partial charge in [0.1, 0.15) is 12.7 Å². The Hall–Kier alpha value is -2.94. The zero-order chi connectivity index (χ0) is 17.7. The summed E-state index contributed by atoms with van der Waals surface area (Å²) in [7, 11) is 0. The van der Waals surface area contributed by atoms with Crippen molar-refractivity contribution in [2.45, 2.75) is 44.8 Å². The smallest absolute Gasteiger partial charge is 0.408 e. The lowest BCUT2D eigenvalue weighted by atomic mass is 9.93. The first-order chi connectivity index (χ1) is 12.1. The summed E-state index contributed by atoms with van der Waals surface area (Å²) >= 11 is 0. The molecule has 3 rings (SSSR count). The maximum absolute atomic E-state index is 12.3. The number of aromatic nitrogens is 2. The number of carbonyl (C=O) groups is 1. The zero-order valence-corrected chi connectivity index (χ0v) is 14.2. The first-order valence-corrected chi connectivity index (χ1v) is 8.35. The molecule has 0 radical (unpaired) electrons. The van der Waals surface area contributed by atoms with E-state index in [0.29, 0.717) is 5.69 Å². The molecule has 1 amide bonds. The van der Waals surface area contributed by atoms with Gasteiger partial charge in [-0.25, -0.2) is 14.8 Å². The second kappa shape index (κ2) is 7.31. The van der Waals surface area contributed by atoms with Crippen molar-refractivity contribution in [3.05, 3.63) is 59.2 Å². The van der Waals surface area contributed by atoms with E-state index in [1.807, 2.05) is 37.3 Å². The molecule has 1 aromatic carbocycles. The molecular formula is C19H20N4O2. The van der Waals surface area contributed by atoms with E-state index in [1.165, 1.54) is 0 Å². The summed E-state index contributed by atoms with van der Waals surface area (Å²) in [5.41, 5.74) is 2.16. The standard InChI is InChI=1S/C19H20N4O2/c1-14-5-4-6-15(11-14)13-25-18(24)23-19(8-2-3-9-19)16-7-10-21-17(12-20)22-16/h4-7,10-11H,2-3,8-9,13H2,1H3,(H,23,24). The van der Waals surface area contributed by atoms with Crippen LogP contribution in [-0.2, 0) is 16.9 Å². The van der Waals surface area contributed by atoms with Crippen molar-refractivity contribution in [2.24, 2.45) is 0 Å². The van der Waals surface area contributed by atoms with Gasteiger partial charge in [-0.05, 0) is 31.4 Å². The summed E-state index contributed by atoms with van der Waals surface area (Å²) in [5, 5.41) is 12.0. The number of nitrogens with zero attached hydrogens (tertiary/aromatic N) is 3. The van der Waals surface area contributed by atoms with E-state index in [2.05, 4.69) is 15.3 Å². The second-order valence-electron chi connectivity index (χ2n) is 6.36. The van der Waals surface area contributed by atoms with Gasteiger partial charge in [0.05, 0.1) is 11.2 Å². The average molecular weight is 336 g/mol. The summed E-state index contributed by atoms with van der Waals surface area (Å²) in [6.07, 6.45) is 4.61. The third kappa shape index (κ3) is 3.94. The van der Waals surface area contributed by atoms with Gasteiger partial charge >= 0.3 is 6.09 Å². The van der Waals surface area contributed by atoms with Crippen LogP contribution in [0.1, 0.15) is 48.3 Å². The number of rotatable bonds is 4. The summed E-state index contributed by atoms with van der Waals surface area (Å²) in [6, 6.07) is 11.6. The highest BCUT2D eigenvalue weighted by Gasteiger charge is 2.39. The van der Waals surface area contributed by atoms with Crippen molar-refractivity contribution in [1.82, 2.24) is 15.3 Å². The largest absolute Gasteiger partial charge is 0.445 e. The van der Waals surface area contributed by atoms with Crippen LogP contribution in [0.4, 0.5) is 4.79 Å². The highest BCUT2D eigenvalue weighted by molar-refractivity contribution is 5.68. The number of nitriles is 1. The molecule has 6 heteroatoms. The van der Waals surface area contributed by atoms with Crippen molar-refractivity contribution in [3.8, 4) is 6.07 Å². The Kier molecular flexibility index (Phi) is 4.94. The SMILES string of the molecule is Cc1cccc(COC(=O)NC2(c3ccnc(C#N)n3)CCCC2)c1. The number of nitrogens with one attached hydrogen (secondary N) is 1. The predicted octanol–water partition coefficient (Wildman–Crippen LogP) is 3.35. The van der Waals surface area contributed by atoms with Crippen LogP contribution in [0.5, 0.6) is 0 Å². The molecule has 0 saturated heterocycles. The van der Waals surface area contributed by atoms with Gasteiger partial charge < -0.3 is 10.1 Å². The van der Waals surface area contributed by atoms with Crippen LogP contribution in [0.15, 0.2) is 36.5 Å². The minimum Gasteiger partial charge on any atom is -0.445 e. The molecule has 1 aliphatic rings. The molecule has 1 saturated carbocycles. The van der Waals surface area contributed by atoms with Crippen LogP contribution >= 0.6 is 0 Å². The van der Waals surface area contributed by atoms with Gasteiger partial charge in [-0.15, -0.1) is 0 Å². The van der Waals surface area contributed by atoms with Crippen LogP contribution in [-0.4, -0.2) is 16.1 Å². The number of ether oxygens (including phenoxy) is 1. The summed E-state index contributed by atoms with van der Waals surface area (Å²) in [6.45, 7) is 2.22. The molecule has 0 aliphatic heterocycles. The van der Waals surface area contributed by atoms with E-state index in [4.69, 9.17) is 10.00 Å². The Morgan fingerprint density at radius 3 is 2.88 bits per heavy atom. The molecule has 25 heavy (non-hydrogen) atoms. The molecule has 0 atom stereocenters. The van der Waals surface area contributed by atoms with E-state index < -0.39 is 11.6 Å². The maximum Gasteiger partial charge on any atom is 0.408 e. The Morgan fingerprint density at radius 1 is 1.36 bits per heavy atom. The molecule has 0 spiro atoms. The zero-order valence-electron chi connectivity index (χ0n) is 14.2. The van der Waals surface area contributed by atoms with Gasteiger partial charge in [-0.1, -0.05) is 42.7 Å². The van der Waals surface area contributed by atoms with E-state index in [0.717, 1.165) is 36.8 Å². The van der Waals surface area contributed by atoms with Crippen molar-refractivity contribution >= 4 is 6.09 Å². The minimum atomic E-state index is -0.585. The Morgan fingerprint density at radius 2 is 2.16 bits per heavy atom. The summed E-state index contributed by atoms with van der Waals surface area (Å²) in [4.78, 5) is 20.5. The van der Waals surface area contributed by atoms with Gasteiger partial charge in [-0.3, -0.25) is 0 Å². The Balaban J connectivity index is 1.71. The van der Waals surface area contributed by atoms with Crippen molar-refractivity contribution in [1.29, 1.82) is 5.26 Å². The number of hydrogen-bond acceptors (Lipinski definition) is 5. The highest BCUT2D eigenvalue weighted by atomic mass is 16.5. The van der Waals surface area contributed by atoms with Crippen LogP contribution in [0.2, 0.25) is 0 Å². The molecule has 2 aromatic rings. The lowest BCUT2D eigenvalue weighted by Crippen LogP contribution is -2.44. The van der Waals surface area contributed by atoms with Crippen LogP contribution < -0.4 is 5.32 Å². The molecule has 1 aromatic heterocycles. The second-order valence-corrected chi connectivity index (χ2v) is 6.36. The van der Waals surface area contributed by atoms with E-state index in [9.17, 15) is 4.79 Å². The monoisotopic (exact) mass is 336 g/mol. The predicted molar refractivity (Wildman–Crippen MR) is 91.4 cm³/mol. The molecule has 6 nitrogen and oxygen atoms in total. The normalized spacial score (nSPS) is 15.4. The van der Waals surface area contributed by atoms with Crippen LogP contribution in [0, 0.1) is 18.3 Å². The molecule has 0 bridgehead atoms. The van der Waals surface area contributed by atoms with E-state index in [1.54, 1.807) is 12.3 Å². The Labute approximate surface area is 146 Å². The first kappa shape index (κ1) is 16.9. The molecule has 1 heterocycles. The summed E-state index contributed by atoms with van der Waals surface area (Å²) in [5.74, 6) is 0.110. The molecule has 0 unspecified atom stereocenters. The van der Waals surface area contributed by atoms with Gasteiger partial charge in [0, 0.05) is 6.20 Å². The lowest BCUT2D eigenvalue weighted by molar-refractivity contribution is 0.125. The molecule has 1 aliphatic carbocycles. The topological polar surface area (TPSA) is 87.9 Å². The lowest BCUT2D eigenvalue weighted by Gasteiger charge is -2.29. The van der Waals surface area contributed by atoms with Crippen LogP contribution in [0.25, 0.3) is 0 Å². The fourth-order valence-corrected chi connectivity index (χ4v) is 3.29. The number of hydrogen-bond donors (Lipinski definition) is 1. The van der Waals surface area contributed by atoms with Crippen molar-refractivity contribution in [2.75, 3.05) is 0 Å². The van der Waals surface area contributed by atoms with Crippen molar-refractivity contribution < 1.29 is 9.53 Å². The van der Waals surface area contributed by atoms with Gasteiger partial charge in [0.25, 0.3) is 0 Å². The number of alkyl carbamates (subject to hydrolysis) is 1. The number of carbonyl (C=O) groups excluding carboxylic acids is 1. The fraction of sp³-hybridized carbons (Fsp3) is 0.368. The Bertz CT molecular complexity index is 807. The number of benzene rings is 1. The van der Waals surface area contributed by atoms with Gasteiger partial charge in [-0.2, -0.15) is 5.26 Å². The highest BCUT2D eigenvalue weighted by Crippen LogP contribution is 2.37. The third-order valence-electron chi connectivity index (χ3n) is 4.50. The van der Waals surface area contributed by atoms with Crippen LogP contribution in [0.3, 0.4) is 0 Å². The van der Waals surface area contributed by atoms with Gasteiger partial charge in [0.2, 0.25) is 5.82 Å². The third-order valence-corrected chi connectivity index (χ3v) is 4.50. The molecule has 1 N–H and O–H groups in total. The molecular weight excluding hydrogens is 316 g/mol. The van der Waals surface area contributed by atoms with Crippen molar-refractivity contribution in [3.63, 3.8) is 0 Å². The first-order valence-electron chi connectivity index (χ1n) is 8.35. The number of aryl methyl sites for hydroxylation is 1. The number of amides is 1. The fourth-order valence-electron chi connectivity index (χ4n) is 3.29. The quantitative estimate of drug-likeness (QED) is 0.925. The summed E-state index contributed by atoms with van der Waals surface area (Å²) < 4.78 is 5.39. The van der Waals surface area contributed by atoms with Gasteiger partial charge in [0.15, 0.2) is 0 Å². The molecule has 1 fully saturated rings. The minimum absolute atomic E-state index is 0.110. The average Bonchev–Trinajstić information content (AvgIpc) is 3.10. The van der Waals surface area contributed by atoms with E-state index in [-0.39, 0.29) is 12.4 Å². The van der Waals surface area contributed by atoms with E-state index >= 15 is 0 Å². The maximum atomic E-state index is 12.3. The molecule has 128 valence electrons.